The zero-order valence-electron chi connectivity index (χ0n) is 10.6. The summed E-state index contributed by atoms with van der Waals surface area (Å²) in [5.74, 6) is -1.84. The number of carboxylic acids is 1. The van der Waals surface area contributed by atoms with Crippen molar-refractivity contribution in [3.63, 3.8) is 0 Å². The minimum Gasteiger partial charge on any atom is -0.481 e. The van der Waals surface area contributed by atoms with Crippen LogP contribution in [-0.2, 0) is 11.3 Å². The molecule has 1 amide bonds. The van der Waals surface area contributed by atoms with E-state index in [1.54, 1.807) is 0 Å². The largest absolute Gasteiger partial charge is 0.481 e. The Labute approximate surface area is 115 Å². The molecule has 2 aromatic rings. The number of benzene rings is 1. The highest BCUT2D eigenvalue weighted by Gasteiger charge is 2.32. The maximum atomic E-state index is 12.3. The Bertz CT molecular complexity index is 651. The molecule has 0 radical (unpaired) electrons. The van der Waals surface area contributed by atoms with Gasteiger partial charge in [-0.1, -0.05) is 24.3 Å². The Morgan fingerprint density at radius 1 is 1.35 bits per heavy atom. The molecule has 20 heavy (non-hydrogen) atoms. The van der Waals surface area contributed by atoms with E-state index in [1.807, 2.05) is 24.3 Å². The summed E-state index contributed by atoms with van der Waals surface area (Å²) in [6, 6.07) is 7.34. The van der Waals surface area contributed by atoms with E-state index in [2.05, 4.69) is 9.97 Å². The number of aliphatic carboxylic acids is 1. The fourth-order valence-corrected chi connectivity index (χ4v) is 2.52. The molecule has 1 atom stereocenters. The molecule has 2 heterocycles. The predicted molar refractivity (Wildman–Crippen MR) is 70.1 cm³/mol. The number of nitrogens with one attached hydrogen (secondary N) is 1. The van der Waals surface area contributed by atoms with Gasteiger partial charge in [0.25, 0.3) is 5.91 Å². The van der Waals surface area contributed by atoms with E-state index in [4.69, 9.17) is 0 Å². The molecule has 0 fully saturated rings. The number of carbonyl (C=O) groups excluding carboxylic acids is 1. The number of rotatable bonds is 2. The van der Waals surface area contributed by atoms with Gasteiger partial charge in [-0.15, -0.1) is 0 Å². The van der Waals surface area contributed by atoms with E-state index >= 15 is 0 Å². The van der Waals surface area contributed by atoms with E-state index in [0.29, 0.717) is 12.2 Å². The van der Waals surface area contributed by atoms with E-state index in [0.717, 1.165) is 11.1 Å². The molecule has 1 aromatic carbocycles. The van der Waals surface area contributed by atoms with Crippen LogP contribution in [0.15, 0.2) is 36.8 Å². The summed E-state index contributed by atoms with van der Waals surface area (Å²) in [7, 11) is 0. The van der Waals surface area contributed by atoms with Crippen LogP contribution >= 0.6 is 0 Å². The minimum absolute atomic E-state index is 0.171. The Kier molecular flexibility index (Phi) is 2.98. The Hall–Kier alpha value is -2.63. The van der Waals surface area contributed by atoms with Crippen LogP contribution < -0.4 is 0 Å². The second-order valence-electron chi connectivity index (χ2n) is 4.74. The van der Waals surface area contributed by atoms with Gasteiger partial charge in [0, 0.05) is 13.1 Å². The Balaban J connectivity index is 1.94. The highest BCUT2D eigenvalue weighted by molar-refractivity contribution is 5.93. The monoisotopic (exact) mass is 271 g/mol. The van der Waals surface area contributed by atoms with E-state index in [9.17, 15) is 14.7 Å². The maximum absolute atomic E-state index is 12.3. The first kappa shape index (κ1) is 12.4. The van der Waals surface area contributed by atoms with Crippen molar-refractivity contribution in [3.8, 4) is 0 Å². The van der Waals surface area contributed by atoms with Crippen LogP contribution in [0.4, 0.5) is 0 Å². The van der Waals surface area contributed by atoms with Crippen molar-refractivity contribution in [2.24, 2.45) is 0 Å². The van der Waals surface area contributed by atoms with E-state index in [1.165, 1.54) is 17.4 Å². The summed E-state index contributed by atoms with van der Waals surface area (Å²) in [6.45, 7) is 0.585. The zero-order valence-corrected chi connectivity index (χ0v) is 10.6. The van der Waals surface area contributed by atoms with Crippen LogP contribution in [0.2, 0.25) is 0 Å². The molecule has 1 aliphatic heterocycles. The summed E-state index contributed by atoms with van der Waals surface area (Å²) in [5.41, 5.74) is 2.03. The molecule has 0 saturated carbocycles. The average molecular weight is 271 g/mol. The van der Waals surface area contributed by atoms with Gasteiger partial charge >= 0.3 is 5.97 Å². The van der Waals surface area contributed by atoms with Gasteiger partial charge in [-0.2, -0.15) is 0 Å². The Morgan fingerprint density at radius 2 is 2.15 bits per heavy atom. The predicted octanol–water partition coefficient (Wildman–Crippen LogP) is 1.23. The number of carboxylic acid groups (broad SMARTS) is 1. The maximum Gasteiger partial charge on any atom is 0.312 e. The van der Waals surface area contributed by atoms with Gasteiger partial charge in [0.2, 0.25) is 0 Å². The van der Waals surface area contributed by atoms with Crippen molar-refractivity contribution >= 4 is 11.9 Å². The van der Waals surface area contributed by atoms with Crippen molar-refractivity contribution < 1.29 is 14.7 Å². The van der Waals surface area contributed by atoms with Crippen LogP contribution in [0.5, 0.6) is 0 Å². The lowest BCUT2D eigenvalue weighted by atomic mass is 9.89. The quantitative estimate of drug-likeness (QED) is 0.860. The summed E-state index contributed by atoms with van der Waals surface area (Å²) < 4.78 is 0. The highest BCUT2D eigenvalue weighted by Crippen LogP contribution is 2.29. The normalized spacial score (nSPS) is 17.6. The number of hydrogen-bond donors (Lipinski definition) is 2. The lowest BCUT2D eigenvalue weighted by molar-refractivity contribution is -0.139. The van der Waals surface area contributed by atoms with Crippen molar-refractivity contribution in [3.05, 3.63) is 53.6 Å². The standard InChI is InChI=1S/C14H13N3O3/c18-13(12-5-15-8-16-12)17-6-9-3-1-2-4-10(9)11(7-17)14(19)20/h1-5,8,11H,6-7H2,(H,15,16)(H,19,20). The lowest BCUT2D eigenvalue weighted by Gasteiger charge is -2.32. The number of fused-ring (bicyclic) bond motifs is 1. The molecule has 0 saturated heterocycles. The third-order valence-electron chi connectivity index (χ3n) is 3.51. The second-order valence-corrected chi connectivity index (χ2v) is 4.74. The molecular formula is C14H13N3O3. The number of H-pyrrole nitrogens is 1. The first-order valence-electron chi connectivity index (χ1n) is 6.25. The zero-order chi connectivity index (χ0) is 14.1. The van der Waals surface area contributed by atoms with Crippen molar-refractivity contribution in [2.75, 3.05) is 6.54 Å². The SMILES string of the molecule is O=C(O)C1CN(C(=O)c2cnc[nH]2)Cc2ccccc21. The molecule has 102 valence electrons. The average Bonchev–Trinajstić information content (AvgIpc) is 2.99. The van der Waals surface area contributed by atoms with Gasteiger partial charge in [0.05, 0.1) is 18.4 Å². The Morgan fingerprint density at radius 3 is 2.85 bits per heavy atom. The first-order valence-corrected chi connectivity index (χ1v) is 6.25. The fraction of sp³-hybridized carbons (Fsp3) is 0.214. The van der Waals surface area contributed by atoms with Gasteiger partial charge in [-0.05, 0) is 11.1 Å². The van der Waals surface area contributed by atoms with Crippen LogP contribution in [0, 0.1) is 0 Å². The summed E-state index contributed by atoms with van der Waals surface area (Å²) in [4.78, 5) is 31.8. The molecule has 1 aromatic heterocycles. The molecule has 3 rings (SSSR count). The van der Waals surface area contributed by atoms with Crippen molar-refractivity contribution in [1.29, 1.82) is 0 Å². The third-order valence-corrected chi connectivity index (χ3v) is 3.51. The van der Waals surface area contributed by atoms with E-state index in [-0.39, 0.29) is 12.5 Å². The van der Waals surface area contributed by atoms with Gasteiger partial charge in [-0.25, -0.2) is 4.98 Å². The molecule has 6 heteroatoms. The molecule has 6 nitrogen and oxygen atoms in total. The topological polar surface area (TPSA) is 86.3 Å². The van der Waals surface area contributed by atoms with Crippen LogP contribution in [0.25, 0.3) is 0 Å². The summed E-state index contributed by atoms with van der Waals surface area (Å²) in [5, 5.41) is 9.36. The molecule has 0 spiro atoms. The molecule has 2 N–H and O–H groups in total. The van der Waals surface area contributed by atoms with Gasteiger partial charge in [0.1, 0.15) is 5.69 Å². The van der Waals surface area contributed by atoms with Gasteiger partial charge < -0.3 is 15.0 Å². The molecule has 1 aliphatic rings. The number of amides is 1. The summed E-state index contributed by atoms with van der Waals surface area (Å²) >= 11 is 0. The number of carbonyl (C=O) groups is 2. The summed E-state index contributed by atoms with van der Waals surface area (Å²) in [6.07, 6.45) is 2.87. The molecule has 1 unspecified atom stereocenters. The van der Waals surface area contributed by atoms with E-state index < -0.39 is 11.9 Å². The third kappa shape index (κ3) is 2.05. The second kappa shape index (κ2) is 4.80. The van der Waals surface area contributed by atoms with Crippen LogP contribution in [0.3, 0.4) is 0 Å². The number of aromatic nitrogens is 2. The molecular weight excluding hydrogens is 258 g/mol. The first-order chi connectivity index (χ1) is 9.66. The number of hydrogen-bond acceptors (Lipinski definition) is 3. The number of nitrogens with zero attached hydrogens (tertiary/aromatic N) is 2. The van der Waals surface area contributed by atoms with Crippen LogP contribution in [0.1, 0.15) is 27.5 Å². The highest BCUT2D eigenvalue weighted by atomic mass is 16.4. The fourth-order valence-electron chi connectivity index (χ4n) is 2.52. The molecule has 0 bridgehead atoms. The minimum atomic E-state index is -0.917. The number of aromatic amines is 1. The lowest BCUT2D eigenvalue weighted by Crippen LogP contribution is -2.40. The van der Waals surface area contributed by atoms with Crippen LogP contribution in [-0.4, -0.2) is 38.4 Å². The van der Waals surface area contributed by atoms with Crippen molar-refractivity contribution in [1.82, 2.24) is 14.9 Å². The number of imidazole rings is 1. The van der Waals surface area contributed by atoms with Gasteiger partial charge in [0.15, 0.2) is 0 Å². The smallest absolute Gasteiger partial charge is 0.312 e. The van der Waals surface area contributed by atoms with Gasteiger partial charge in [-0.3, -0.25) is 9.59 Å². The van der Waals surface area contributed by atoms with Crippen molar-refractivity contribution in [2.45, 2.75) is 12.5 Å². The molecule has 0 aliphatic carbocycles.